The van der Waals surface area contributed by atoms with Crippen LogP contribution < -0.4 is 0 Å². The molecule has 0 aliphatic carbocycles. The molecule has 0 fully saturated rings. The summed E-state index contributed by atoms with van der Waals surface area (Å²) in [5, 5.41) is 0. The number of benzene rings is 1. The van der Waals surface area contributed by atoms with Gasteiger partial charge in [0.15, 0.2) is 0 Å². The van der Waals surface area contributed by atoms with E-state index in [9.17, 15) is 8.42 Å². The summed E-state index contributed by atoms with van der Waals surface area (Å²) in [7, 11) is -2.36. The zero-order valence-electron chi connectivity index (χ0n) is 6.90. The van der Waals surface area contributed by atoms with Crippen LogP contribution in [0.15, 0.2) is 22.6 Å². The van der Waals surface area contributed by atoms with Gasteiger partial charge in [-0.15, -0.1) is 4.36 Å². The zero-order valence-corrected chi connectivity index (χ0v) is 7.72. The van der Waals surface area contributed by atoms with Gasteiger partial charge in [0.25, 0.3) is 0 Å². The highest BCUT2D eigenvalue weighted by Gasteiger charge is 1.95. The van der Waals surface area contributed by atoms with Crippen LogP contribution in [-0.4, -0.2) is 8.42 Å². The van der Waals surface area contributed by atoms with E-state index >= 15 is 0 Å². The first-order valence-electron chi connectivity index (χ1n) is 3.48. The first-order valence-corrected chi connectivity index (χ1v) is 4.51. The summed E-state index contributed by atoms with van der Waals surface area (Å²) in [6, 6.07) is 5.42. The molecule has 0 aliphatic heterocycles. The van der Waals surface area contributed by atoms with Crippen molar-refractivity contribution in [2.75, 3.05) is 0 Å². The molecule has 0 spiro atoms. The maximum Gasteiger partial charge on any atom is 0.316 e. The van der Waals surface area contributed by atoms with Crippen LogP contribution in [0.2, 0.25) is 0 Å². The van der Waals surface area contributed by atoms with Crippen LogP contribution in [0.1, 0.15) is 11.1 Å². The molecule has 1 aromatic rings. The quantitative estimate of drug-likeness (QED) is 0.668. The van der Waals surface area contributed by atoms with Gasteiger partial charge in [-0.2, -0.15) is 8.42 Å². The van der Waals surface area contributed by atoms with Crippen molar-refractivity contribution < 1.29 is 8.42 Å². The van der Waals surface area contributed by atoms with Gasteiger partial charge >= 0.3 is 10.5 Å². The number of aryl methyl sites for hydroxylation is 2. The van der Waals surface area contributed by atoms with E-state index in [-0.39, 0.29) is 0 Å². The smallest absolute Gasteiger partial charge is 0.163 e. The molecule has 0 saturated carbocycles. The monoisotopic (exact) mass is 183 g/mol. The van der Waals surface area contributed by atoms with E-state index in [0.29, 0.717) is 5.69 Å². The van der Waals surface area contributed by atoms with Crippen LogP contribution in [0.3, 0.4) is 0 Å². The predicted molar refractivity (Wildman–Crippen MR) is 46.9 cm³/mol. The summed E-state index contributed by atoms with van der Waals surface area (Å²) in [6.45, 7) is 3.78. The van der Waals surface area contributed by atoms with Crippen molar-refractivity contribution >= 4 is 16.2 Å². The lowest BCUT2D eigenvalue weighted by Crippen LogP contribution is -1.76. The van der Waals surface area contributed by atoms with Gasteiger partial charge in [-0.3, -0.25) is 0 Å². The Hall–Kier alpha value is -1.16. The van der Waals surface area contributed by atoms with Crippen LogP contribution in [0.5, 0.6) is 0 Å². The summed E-state index contributed by atoms with van der Waals surface area (Å²) in [5.41, 5.74) is 2.48. The molecule has 0 N–H and O–H groups in total. The molecule has 0 atom stereocenters. The van der Waals surface area contributed by atoms with Gasteiger partial charge in [-0.25, -0.2) is 0 Å². The SMILES string of the molecule is Cc1ccc(N=S(=O)=O)c(C)c1. The Morgan fingerprint density at radius 2 is 1.92 bits per heavy atom. The average Bonchev–Trinajstić information content (AvgIpc) is 1.94. The van der Waals surface area contributed by atoms with Crippen molar-refractivity contribution in [2.45, 2.75) is 13.8 Å². The van der Waals surface area contributed by atoms with E-state index in [2.05, 4.69) is 4.36 Å². The van der Waals surface area contributed by atoms with Crippen LogP contribution in [-0.2, 0) is 10.5 Å². The van der Waals surface area contributed by atoms with Crippen LogP contribution >= 0.6 is 0 Å². The molecule has 0 aromatic heterocycles. The maximum atomic E-state index is 10.2. The molecule has 1 rings (SSSR count). The van der Waals surface area contributed by atoms with Gasteiger partial charge < -0.3 is 0 Å². The van der Waals surface area contributed by atoms with Gasteiger partial charge in [0.2, 0.25) is 0 Å². The molecule has 3 nitrogen and oxygen atoms in total. The molecule has 0 aliphatic rings. The van der Waals surface area contributed by atoms with Crippen LogP contribution in [0, 0.1) is 13.8 Å². The minimum atomic E-state index is -2.36. The standard InChI is InChI=1S/C8H9NO2S/c1-6-3-4-8(7(2)5-6)9-12(10)11/h3-5H,1-2H3. The number of hydrogen-bond donors (Lipinski definition) is 0. The van der Waals surface area contributed by atoms with Crippen molar-refractivity contribution in [3.05, 3.63) is 29.3 Å². The third-order valence-electron chi connectivity index (χ3n) is 1.53. The van der Waals surface area contributed by atoms with E-state index in [1.807, 2.05) is 26.0 Å². The molecule has 1 aromatic carbocycles. The summed E-state index contributed by atoms with van der Waals surface area (Å²) in [4.78, 5) is 0. The van der Waals surface area contributed by atoms with Crippen molar-refractivity contribution in [1.82, 2.24) is 0 Å². The van der Waals surface area contributed by atoms with E-state index < -0.39 is 10.5 Å². The fourth-order valence-electron chi connectivity index (χ4n) is 0.988. The Balaban J connectivity index is 3.28. The molecule has 4 heteroatoms. The first-order chi connectivity index (χ1) is 5.59. The minimum Gasteiger partial charge on any atom is -0.163 e. The van der Waals surface area contributed by atoms with Crippen LogP contribution in [0.25, 0.3) is 0 Å². The topological polar surface area (TPSA) is 46.5 Å². The molecule has 64 valence electrons. The van der Waals surface area contributed by atoms with Crippen molar-refractivity contribution in [1.29, 1.82) is 0 Å². The molecule has 12 heavy (non-hydrogen) atoms. The molecule has 0 heterocycles. The molecular formula is C8H9NO2S. The fraction of sp³-hybridized carbons (Fsp3) is 0.250. The largest absolute Gasteiger partial charge is 0.316 e. The predicted octanol–water partition coefficient (Wildman–Crippen LogP) is 2.00. The first kappa shape index (κ1) is 8.93. The van der Waals surface area contributed by atoms with E-state index in [4.69, 9.17) is 0 Å². The highest BCUT2D eigenvalue weighted by atomic mass is 32.2. The maximum absolute atomic E-state index is 10.2. The summed E-state index contributed by atoms with van der Waals surface area (Å²) in [6.07, 6.45) is 0. The average molecular weight is 183 g/mol. The molecule has 0 unspecified atom stereocenters. The molecule has 0 radical (unpaired) electrons. The Bertz CT molecular complexity index is 413. The second kappa shape index (κ2) is 3.49. The lowest BCUT2D eigenvalue weighted by molar-refractivity contribution is 0.622. The third kappa shape index (κ3) is 2.17. The minimum absolute atomic E-state index is 0.508. The summed E-state index contributed by atoms with van der Waals surface area (Å²) < 4.78 is 23.9. The number of rotatable bonds is 1. The Labute approximate surface area is 72.8 Å². The Morgan fingerprint density at radius 1 is 1.25 bits per heavy atom. The summed E-state index contributed by atoms with van der Waals surface area (Å²) >= 11 is 0. The lowest BCUT2D eigenvalue weighted by atomic mass is 10.1. The molecular weight excluding hydrogens is 174 g/mol. The second-order valence-corrected chi connectivity index (χ2v) is 3.22. The van der Waals surface area contributed by atoms with Gasteiger partial charge in [0.05, 0.1) is 5.69 Å². The van der Waals surface area contributed by atoms with Gasteiger partial charge in [0.1, 0.15) is 0 Å². The Kier molecular flexibility index (Phi) is 2.60. The summed E-state index contributed by atoms with van der Waals surface area (Å²) in [5.74, 6) is 0. The molecule has 0 saturated heterocycles. The van der Waals surface area contributed by atoms with Gasteiger partial charge in [-0.1, -0.05) is 17.7 Å². The highest BCUT2D eigenvalue weighted by Crippen LogP contribution is 2.18. The van der Waals surface area contributed by atoms with E-state index in [1.165, 1.54) is 0 Å². The number of nitrogens with zero attached hydrogens (tertiary/aromatic N) is 1. The highest BCUT2D eigenvalue weighted by molar-refractivity contribution is 7.61. The number of hydrogen-bond acceptors (Lipinski definition) is 3. The normalized spacial score (nSPS) is 9.50. The van der Waals surface area contributed by atoms with E-state index in [1.54, 1.807) is 6.07 Å². The fourth-order valence-corrected chi connectivity index (χ4v) is 1.35. The molecule has 0 bridgehead atoms. The van der Waals surface area contributed by atoms with Gasteiger partial charge in [-0.05, 0) is 25.5 Å². The Morgan fingerprint density at radius 3 is 2.42 bits per heavy atom. The van der Waals surface area contributed by atoms with Gasteiger partial charge in [0, 0.05) is 0 Å². The lowest BCUT2D eigenvalue weighted by Gasteiger charge is -1.97. The van der Waals surface area contributed by atoms with Crippen molar-refractivity contribution in [3.63, 3.8) is 0 Å². The molecule has 0 amide bonds. The van der Waals surface area contributed by atoms with Crippen molar-refractivity contribution in [2.24, 2.45) is 4.36 Å². The van der Waals surface area contributed by atoms with Crippen molar-refractivity contribution in [3.8, 4) is 0 Å². The third-order valence-corrected chi connectivity index (χ3v) is 1.87. The van der Waals surface area contributed by atoms with E-state index in [0.717, 1.165) is 11.1 Å². The second-order valence-electron chi connectivity index (χ2n) is 2.60. The zero-order chi connectivity index (χ0) is 9.14. The van der Waals surface area contributed by atoms with Crippen LogP contribution in [0.4, 0.5) is 5.69 Å².